The molecule has 5 rings (SSSR count). The number of rotatable bonds is 4. The van der Waals surface area contributed by atoms with Crippen LogP contribution in [-0.4, -0.2) is 87.5 Å². The number of fused-ring (bicyclic) bond motifs is 1. The zero-order valence-electron chi connectivity index (χ0n) is 19.5. The molecule has 5 heterocycles. The molecule has 35 heavy (non-hydrogen) atoms. The second-order valence-electron chi connectivity index (χ2n) is 9.04. The van der Waals surface area contributed by atoms with Gasteiger partial charge in [-0.2, -0.15) is 0 Å². The standard InChI is InChI=1S/C23H28FN9O2/c1-30-8-10-32(11-9-30)23(35)15-3-6-31(7-4-15)18-13-26-5-2-17(18)28-22(34)19-20(25)29-33-14-16(24)12-27-21(19)33/h2,5,12-15H,3-4,6-11H2,1H3,(H2,25,29)(H,26,28,34). The number of nitrogen functional groups attached to an aromatic ring is 1. The molecule has 3 N–H and O–H groups in total. The molecule has 0 radical (unpaired) electrons. The van der Waals surface area contributed by atoms with E-state index in [9.17, 15) is 14.0 Å². The number of aromatic nitrogens is 4. The summed E-state index contributed by atoms with van der Waals surface area (Å²) >= 11 is 0. The summed E-state index contributed by atoms with van der Waals surface area (Å²) in [5.41, 5.74) is 7.50. The van der Waals surface area contributed by atoms with E-state index in [0.29, 0.717) is 18.8 Å². The van der Waals surface area contributed by atoms with Crippen LogP contribution in [0.3, 0.4) is 0 Å². The molecule has 0 aromatic carbocycles. The van der Waals surface area contributed by atoms with Gasteiger partial charge in [0.25, 0.3) is 5.91 Å². The van der Waals surface area contributed by atoms with E-state index >= 15 is 0 Å². The van der Waals surface area contributed by atoms with Crippen LogP contribution >= 0.6 is 0 Å². The third kappa shape index (κ3) is 4.61. The van der Waals surface area contributed by atoms with Crippen LogP contribution in [0.15, 0.2) is 30.9 Å². The van der Waals surface area contributed by atoms with Crippen LogP contribution < -0.4 is 16.0 Å². The Labute approximate surface area is 201 Å². The number of carbonyl (C=O) groups excluding carboxylic acids is 2. The Kier molecular flexibility index (Phi) is 6.20. The van der Waals surface area contributed by atoms with E-state index in [-0.39, 0.29) is 28.9 Å². The van der Waals surface area contributed by atoms with Gasteiger partial charge in [-0.3, -0.25) is 14.6 Å². The van der Waals surface area contributed by atoms with Gasteiger partial charge in [0, 0.05) is 51.4 Å². The van der Waals surface area contributed by atoms with E-state index in [4.69, 9.17) is 5.73 Å². The van der Waals surface area contributed by atoms with Gasteiger partial charge in [-0.25, -0.2) is 13.9 Å². The van der Waals surface area contributed by atoms with E-state index < -0.39 is 11.7 Å². The molecule has 2 aliphatic heterocycles. The number of pyridine rings is 1. The van der Waals surface area contributed by atoms with E-state index in [1.165, 1.54) is 0 Å². The zero-order chi connectivity index (χ0) is 24.5. The van der Waals surface area contributed by atoms with Crippen molar-refractivity contribution < 1.29 is 14.0 Å². The van der Waals surface area contributed by atoms with Crippen LogP contribution in [0.1, 0.15) is 23.2 Å². The quantitative estimate of drug-likeness (QED) is 0.567. The summed E-state index contributed by atoms with van der Waals surface area (Å²) in [6.07, 6.45) is 6.90. The molecule has 12 heteroatoms. The van der Waals surface area contributed by atoms with Crippen LogP contribution in [0.4, 0.5) is 21.6 Å². The number of halogens is 1. The highest BCUT2D eigenvalue weighted by atomic mass is 19.1. The van der Waals surface area contributed by atoms with Crippen molar-refractivity contribution in [1.82, 2.24) is 29.4 Å². The van der Waals surface area contributed by atoms with E-state index in [1.54, 1.807) is 18.5 Å². The Morgan fingerprint density at radius 3 is 2.60 bits per heavy atom. The minimum atomic E-state index is -0.585. The number of likely N-dealkylation sites (N-methyl/N-ethyl adjacent to an activating group) is 1. The number of hydrogen-bond acceptors (Lipinski definition) is 8. The number of amides is 2. The van der Waals surface area contributed by atoms with Crippen molar-refractivity contribution in [3.8, 4) is 0 Å². The average Bonchev–Trinajstić information content (AvgIpc) is 3.19. The topological polar surface area (TPSA) is 125 Å². The second-order valence-corrected chi connectivity index (χ2v) is 9.04. The third-order valence-electron chi connectivity index (χ3n) is 6.74. The Morgan fingerprint density at radius 1 is 1.11 bits per heavy atom. The molecular weight excluding hydrogens is 453 g/mol. The van der Waals surface area contributed by atoms with Crippen molar-refractivity contribution in [2.75, 3.05) is 62.3 Å². The average molecular weight is 482 g/mol. The van der Waals surface area contributed by atoms with Crippen LogP contribution in [0.2, 0.25) is 0 Å². The molecule has 0 bridgehead atoms. The van der Waals surface area contributed by atoms with Crippen molar-refractivity contribution in [1.29, 1.82) is 0 Å². The highest BCUT2D eigenvalue weighted by Crippen LogP contribution is 2.31. The molecule has 184 valence electrons. The van der Waals surface area contributed by atoms with Gasteiger partial charge in [-0.05, 0) is 26.0 Å². The monoisotopic (exact) mass is 481 g/mol. The third-order valence-corrected chi connectivity index (χ3v) is 6.74. The van der Waals surface area contributed by atoms with Gasteiger partial charge in [0.05, 0.1) is 30.0 Å². The van der Waals surface area contributed by atoms with Crippen molar-refractivity contribution in [3.05, 3.63) is 42.2 Å². The Balaban J connectivity index is 1.28. The van der Waals surface area contributed by atoms with Crippen molar-refractivity contribution in [2.45, 2.75) is 12.8 Å². The first-order chi connectivity index (χ1) is 16.9. The van der Waals surface area contributed by atoms with Gasteiger partial charge < -0.3 is 25.8 Å². The SMILES string of the molecule is CN1CCN(C(=O)C2CCN(c3cnccc3NC(=O)c3c(N)nn4cc(F)cnc34)CC2)CC1. The van der Waals surface area contributed by atoms with Crippen molar-refractivity contribution >= 4 is 34.7 Å². The molecule has 2 fully saturated rings. The van der Waals surface area contributed by atoms with Crippen molar-refractivity contribution in [2.24, 2.45) is 5.92 Å². The van der Waals surface area contributed by atoms with Crippen LogP contribution in [0.5, 0.6) is 0 Å². The molecule has 2 saturated heterocycles. The molecule has 0 aliphatic carbocycles. The maximum absolute atomic E-state index is 13.5. The summed E-state index contributed by atoms with van der Waals surface area (Å²) in [7, 11) is 2.07. The molecule has 0 spiro atoms. The molecular formula is C23H28FN9O2. The number of piperazine rings is 1. The molecule has 0 unspecified atom stereocenters. The Hall–Kier alpha value is -3.80. The molecule has 3 aromatic rings. The number of piperidine rings is 1. The fourth-order valence-electron chi connectivity index (χ4n) is 4.73. The van der Waals surface area contributed by atoms with Gasteiger partial charge in [-0.1, -0.05) is 0 Å². The lowest BCUT2D eigenvalue weighted by atomic mass is 9.94. The number of carbonyl (C=O) groups is 2. The van der Waals surface area contributed by atoms with Crippen molar-refractivity contribution in [3.63, 3.8) is 0 Å². The predicted molar refractivity (Wildman–Crippen MR) is 129 cm³/mol. The first-order valence-corrected chi connectivity index (χ1v) is 11.7. The summed E-state index contributed by atoms with van der Waals surface area (Å²) in [4.78, 5) is 40.6. The summed E-state index contributed by atoms with van der Waals surface area (Å²) < 4.78 is 14.6. The van der Waals surface area contributed by atoms with Gasteiger partial charge in [0.2, 0.25) is 5.91 Å². The highest BCUT2D eigenvalue weighted by molar-refractivity contribution is 6.12. The molecule has 2 amide bonds. The minimum Gasteiger partial charge on any atom is -0.381 e. The molecule has 11 nitrogen and oxygen atoms in total. The minimum absolute atomic E-state index is 0.00872. The number of anilines is 3. The van der Waals surface area contributed by atoms with Gasteiger partial charge in [0.15, 0.2) is 17.3 Å². The van der Waals surface area contributed by atoms with Gasteiger partial charge in [0.1, 0.15) is 5.56 Å². The van der Waals surface area contributed by atoms with Gasteiger partial charge in [-0.15, -0.1) is 5.10 Å². The second kappa shape index (κ2) is 9.45. The molecule has 0 atom stereocenters. The van der Waals surface area contributed by atoms with Crippen LogP contribution in [0, 0.1) is 11.7 Å². The summed E-state index contributed by atoms with van der Waals surface area (Å²) in [5, 5.41) is 6.87. The Bertz CT molecular complexity index is 1250. The maximum Gasteiger partial charge on any atom is 0.263 e. The predicted octanol–water partition coefficient (Wildman–Crippen LogP) is 1.09. The fourth-order valence-corrected chi connectivity index (χ4v) is 4.73. The van der Waals surface area contributed by atoms with Gasteiger partial charge >= 0.3 is 0 Å². The molecule has 2 aliphatic rings. The number of nitrogens with one attached hydrogen (secondary N) is 1. The highest BCUT2D eigenvalue weighted by Gasteiger charge is 2.31. The summed E-state index contributed by atoms with van der Waals surface area (Å²) in [6.45, 7) is 4.73. The van der Waals surface area contributed by atoms with Crippen LogP contribution in [-0.2, 0) is 4.79 Å². The van der Waals surface area contributed by atoms with E-state index in [1.807, 2.05) is 4.90 Å². The summed E-state index contributed by atoms with van der Waals surface area (Å²) in [5.74, 6) is -0.874. The lowest BCUT2D eigenvalue weighted by Gasteiger charge is -2.38. The first-order valence-electron chi connectivity index (χ1n) is 11.7. The summed E-state index contributed by atoms with van der Waals surface area (Å²) in [6, 6.07) is 1.71. The zero-order valence-corrected chi connectivity index (χ0v) is 19.5. The molecule has 3 aromatic heterocycles. The maximum atomic E-state index is 13.5. The lowest BCUT2D eigenvalue weighted by Crippen LogP contribution is -2.50. The Morgan fingerprint density at radius 2 is 1.86 bits per heavy atom. The number of nitrogens with zero attached hydrogens (tertiary/aromatic N) is 7. The van der Waals surface area contributed by atoms with Crippen LogP contribution in [0.25, 0.3) is 5.65 Å². The number of nitrogens with two attached hydrogens (primary N) is 1. The van der Waals surface area contributed by atoms with E-state index in [0.717, 1.165) is 61.6 Å². The lowest BCUT2D eigenvalue weighted by molar-refractivity contribution is -0.137. The first kappa shape index (κ1) is 23.0. The smallest absolute Gasteiger partial charge is 0.263 e. The molecule has 0 saturated carbocycles. The fraction of sp³-hybridized carbons (Fsp3) is 0.435. The number of hydrogen-bond donors (Lipinski definition) is 2. The largest absolute Gasteiger partial charge is 0.381 e. The van der Waals surface area contributed by atoms with E-state index in [2.05, 4.69) is 37.2 Å². The normalized spacial score (nSPS) is 17.7.